The number of carboxylic acid groups (broad SMARTS) is 1. The Morgan fingerprint density at radius 1 is 1.47 bits per heavy atom. The third-order valence-electron chi connectivity index (χ3n) is 1.78. The van der Waals surface area contributed by atoms with Crippen molar-refractivity contribution in [3.8, 4) is 0 Å². The molecule has 0 aromatic carbocycles. The second kappa shape index (κ2) is 4.03. The normalized spacial score (nSPS) is 13.9. The van der Waals surface area contributed by atoms with E-state index in [-0.39, 0.29) is 15.2 Å². The van der Waals surface area contributed by atoms with Gasteiger partial charge in [-0.15, -0.1) is 11.3 Å². The summed E-state index contributed by atoms with van der Waals surface area (Å²) in [5.41, 5.74) is -0.327. The Labute approximate surface area is 94.2 Å². The van der Waals surface area contributed by atoms with Crippen LogP contribution < -0.4 is 0 Å². The highest BCUT2D eigenvalue weighted by molar-refractivity contribution is 7.79. The van der Waals surface area contributed by atoms with Crippen LogP contribution in [-0.4, -0.2) is 19.8 Å². The van der Waals surface area contributed by atoms with Crippen LogP contribution in [0.15, 0.2) is 11.0 Å². The van der Waals surface area contributed by atoms with Crippen LogP contribution in [0.4, 0.5) is 0 Å². The second-order valence-electron chi connectivity index (χ2n) is 4.11. The first kappa shape index (κ1) is 12.4. The fourth-order valence-electron chi connectivity index (χ4n) is 1.13. The Morgan fingerprint density at radius 3 is 2.27 bits per heavy atom. The molecule has 1 rings (SSSR count). The summed E-state index contributed by atoms with van der Waals surface area (Å²) in [7, 11) is 0. The van der Waals surface area contributed by atoms with Crippen molar-refractivity contribution in [1.82, 2.24) is 0 Å². The molecule has 0 aliphatic carbocycles. The maximum atomic E-state index is 11.0. The highest BCUT2D eigenvalue weighted by Crippen LogP contribution is 2.35. The van der Waals surface area contributed by atoms with E-state index in [1.165, 1.54) is 6.07 Å². The minimum Gasteiger partial charge on any atom is -0.477 e. The van der Waals surface area contributed by atoms with Gasteiger partial charge in [0.25, 0.3) is 0 Å². The molecule has 6 heteroatoms. The lowest BCUT2D eigenvalue weighted by molar-refractivity contribution is 0.0702. The van der Waals surface area contributed by atoms with Gasteiger partial charge < -0.3 is 9.66 Å². The molecule has 84 valence electrons. The molecule has 0 radical (unpaired) electrons. The van der Waals surface area contributed by atoms with Gasteiger partial charge >= 0.3 is 5.97 Å². The molecule has 15 heavy (non-hydrogen) atoms. The summed E-state index contributed by atoms with van der Waals surface area (Å²) in [6.45, 7) is 5.63. The molecule has 1 atom stereocenters. The average Bonchev–Trinajstić information content (AvgIpc) is 2.45. The molecular formula is C9H12O4S2. The van der Waals surface area contributed by atoms with E-state index in [0.29, 0.717) is 4.88 Å². The predicted octanol–water partition coefficient (Wildman–Crippen LogP) is 2.32. The van der Waals surface area contributed by atoms with E-state index in [1.54, 1.807) is 0 Å². The van der Waals surface area contributed by atoms with Crippen molar-refractivity contribution in [3.63, 3.8) is 0 Å². The molecule has 0 aliphatic heterocycles. The maximum Gasteiger partial charge on any atom is 0.345 e. The van der Waals surface area contributed by atoms with Gasteiger partial charge in [0.1, 0.15) is 4.88 Å². The summed E-state index contributed by atoms with van der Waals surface area (Å²) < 4.78 is 20.1. The SMILES string of the molecule is CC(C)(C)c1sc(C(=O)O)cc1S(=O)O. The van der Waals surface area contributed by atoms with Crippen molar-refractivity contribution in [2.24, 2.45) is 0 Å². The lowest BCUT2D eigenvalue weighted by Gasteiger charge is -2.17. The molecule has 0 bridgehead atoms. The first-order valence-corrected chi connectivity index (χ1v) is 6.14. The van der Waals surface area contributed by atoms with Gasteiger partial charge in [0.05, 0.1) is 4.90 Å². The largest absolute Gasteiger partial charge is 0.477 e. The van der Waals surface area contributed by atoms with Crippen LogP contribution in [0.5, 0.6) is 0 Å². The van der Waals surface area contributed by atoms with E-state index in [9.17, 15) is 9.00 Å². The van der Waals surface area contributed by atoms with E-state index in [0.717, 1.165) is 11.3 Å². The van der Waals surface area contributed by atoms with Gasteiger partial charge in [-0.05, 0) is 11.5 Å². The van der Waals surface area contributed by atoms with E-state index < -0.39 is 17.0 Å². The maximum absolute atomic E-state index is 11.0. The molecule has 0 amide bonds. The average molecular weight is 248 g/mol. The quantitative estimate of drug-likeness (QED) is 0.788. The van der Waals surface area contributed by atoms with E-state index in [2.05, 4.69) is 0 Å². The fourth-order valence-corrected chi connectivity index (χ4v) is 3.18. The Kier molecular flexibility index (Phi) is 3.32. The van der Waals surface area contributed by atoms with Gasteiger partial charge in [0, 0.05) is 4.88 Å². The van der Waals surface area contributed by atoms with Crippen molar-refractivity contribution >= 4 is 28.4 Å². The van der Waals surface area contributed by atoms with E-state index in [4.69, 9.17) is 9.66 Å². The second-order valence-corrected chi connectivity index (χ2v) is 6.10. The topological polar surface area (TPSA) is 74.6 Å². The van der Waals surface area contributed by atoms with Gasteiger partial charge in [0.15, 0.2) is 11.1 Å². The first-order valence-electron chi connectivity index (χ1n) is 4.22. The molecule has 1 unspecified atom stereocenters. The van der Waals surface area contributed by atoms with Gasteiger partial charge in [0.2, 0.25) is 0 Å². The Bertz CT molecular complexity index is 414. The van der Waals surface area contributed by atoms with Gasteiger partial charge in [-0.2, -0.15) is 0 Å². The number of aromatic carboxylic acids is 1. The molecule has 0 fully saturated rings. The van der Waals surface area contributed by atoms with Gasteiger partial charge in [-0.25, -0.2) is 9.00 Å². The summed E-state index contributed by atoms with van der Waals surface area (Å²) in [6.07, 6.45) is 0. The van der Waals surface area contributed by atoms with Crippen molar-refractivity contribution in [3.05, 3.63) is 15.8 Å². The molecule has 2 N–H and O–H groups in total. The monoisotopic (exact) mass is 248 g/mol. The van der Waals surface area contributed by atoms with Crippen LogP contribution >= 0.6 is 11.3 Å². The number of hydrogen-bond donors (Lipinski definition) is 2. The van der Waals surface area contributed by atoms with Crippen molar-refractivity contribution in [2.75, 3.05) is 0 Å². The van der Waals surface area contributed by atoms with Crippen molar-refractivity contribution < 1.29 is 18.7 Å². The lowest BCUT2D eigenvalue weighted by Crippen LogP contribution is -2.11. The third kappa shape index (κ3) is 2.64. The summed E-state index contributed by atoms with van der Waals surface area (Å²) >= 11 is -1.09. The zero-order chi connectivity index (χ0) is 11.8. The van der Waals surface area contributed by atoms with Crippen LogP contribution in [-0.2, 0) is 16.5 Å². The fraction of sp³-hybridized carbons (Fsp3) is 0.444. The van der Waals surface area contributed by atoms with Crippen molar-refractivity contribution in [1.29, 1.82) is 0 Å². The van der Waals surface area contributed by atoms with Crippen LogP contribution in [0.25, 0.3) is 0 Å². The number of carboxylic acids is 1. The molecular weight excluding hydrogens is 236 g/mol. The molecule has 0 saturated carbocycles. The van der Waals surface area contributed by atoms with Crippen LogP contribution in [0, 0.1) is 0 Å². The minimum absolute atomic E-state index is 0.0947. The van der Waals surface area contributed by atoms with Gasteiger partial charge in [-0.3, -0.25) is 0 Å². The summed E-state index contributed by atoms with van der Waals surface area (Å²) in [5.74, 6) is -1.07. The summed E-state index contributed by atoms with van der Waals surface area (Å²) in [6, 6.07) is 1.27. The molecule has 0 spiro atoms. The molecule has 1 aromatic rings. The van der Waals surface area contributed by atoms with Crippen molar-refractivity contribution in [2.45, 2.75) is 31.1 Å². The third-order valence-corrected chi connectivity index (χ3v) is 4.15. The number of carbonyl (C=O) groups is 1. The molecule has 1 aromatic heterocycles. The summed E-state index contributed by atoms with van der Waals surface area (Å²) in [5, 5.41) is 8.80. The van der Waals surface area contributed by atoms with Crippen LogP contribution in [0.1, 0.15) is 35.3 Å². The zero-order valence-electron chi connectivity index (χ0n) is 8.60. The Balaban J connectivity index is 3.37. The molecule has 0 aliphatic rings. The van der Waals surface area contributed by atoms with E-state index >= 15 is 0 Å². The molecule has 4 nitrogen and oxygen atoms in total. The Morgan fingerprint density at radius 2 is 2.00 bits per heavy atom. The van der Waals surface area contributed by atoms with Crippen LogP contribution in [0.3, 0.4) is 0 Å². The Hall–Kier alpha value is -0.720. The standard InChI is InChI=1S/C9H12O4S2/c1-9(2,3)7-6(15(12)13)4-5(14-7)8(10)11/h4H,1-3H3,(H,10,11)(H,12,13). The predicted molar refractivity (Wildman–Crippen MR) is 59.0 cm³/mol. The number of hydrogen-bond acceptors (Lipinski definition) is 3. The lowest BCUT2D eigenvalue weighted by atomic mass is 9.95. The van der Waals surface area contributed by atoms with Gasteiger partial charge in [-0.1, -0.05) is 20.8 Å². The number of thiophene rings is 1. The minimum atomic E-state index is -2.14. The zero-order valence-corrected chi connectivity index (χ0v) is 10.2. The van der Waals surface area contributed by atoms with E-state index in [1.807, 2.05) is 20.8 Å². The molecule has 0 saturated heterocycles. The number of rotatable bonds is 2. The highest BCUT2D eigenvalue weighted by Gasteiger charge is 2.25. The smallest absolute Gasteiger partial charge is 0.345 e. The molecule has 1 heterocycles. The highest BCUT2D eigenvalue weighted by atomic mass is 32.2. The summed E-state index contributed by atoms with van der Waals surface area (Å²) in [4.78, 5) is 11.7. The van der Waals surface area contributed by atoms with Crippen LogP contribution in [0.2, 0.25) is 0 Å². The first-order chi connectivity index (χ1) is 6.73.